The molecule has 0 bridgehead atoms. The maximum absolute atomic E-state index is 11.9. The number of carbonyl (C=O) groups excluding carboxylic acids is 1. The summed E-state index contributed by atoms with van der Waals surface area (Å²) in [6.07, 6.45) is 1.65. The lowest BCUT2D eigenvalue weighted by molar-refractivity contribution is -0.119. The fourth-order valence-corrected chi connectivity index (χ4v) is 2.61. The van der Waals surface area contributed by atoms with Gasteiger partial charge in [0, 0.05) is 30.1 Å². The topological polar surface area (TPSA) is 62.4 Å². The molecular formula is C15H20ClN3O2S. The molecule has 1 aromatic rings. The number of carbonyl (C=O) groups is 1. The lowest BCUT2D eigenvalue weighted by atomic mass is 10.0. The summed E-state index contributed by atoms with van der Waals surface area (Å²) in [7, 11) is 1.59. The van der Waals surface area contributed by atoms with Crippen LogP contribution in [0.2, 0.25) is 0 Å². The second kappa shape index (κ2) is 7.65. The molecule has 1 atom stereocenters. The molecule has 0 aliphatic carbocycles. The minimum Gasteiger partial charge on any atom is -0.494 e. The number of alkyl halides is 1. The zero-order chi connectivity index (χ0) is 16.1. The molecule has 5 nitrogen and oxygen atoms in total. The number of nitrogens with one attached hydrogen (secondary N) is 3. The zero-order valence-corrected chi connectivity index (χ0v) is 14.2. The number of hydrogen-bond donors (Lipinski definition) is 3. The zero-order valence-electron chi connectivity index (χ0n) is 12.7. The molecule has 2 rings (SSSR count). The van der Waals surface area contributed by atoms with E-state index in [1.165, 1.54) is 0 Å². The first-order chi connectivity index (χ1) is 10.5. The second-order valence-corrected chi connectivity index (χ2v) is 5.99. The van der Waals surface area contributed by atoms with Gasteiger partial charge in [-0.05, 0) is 36.7 Å². The van der Waals surface area contributed by atoms with Crippen LogP contribution in [0.15, 0.2) is 12.1 Å². The molecule has 0 spiro atoms. The van der Waals surface area contributed by atoms with Crippen molar-refractivity contribution in [3.05, 3.63) is 17.7 Å². The van der Waals surface area contributed by atoms with Crippen LogP contribution in [0, 0.1) is 5.92 Å². The Kier molecular flexibility index (Phi) is 5.85. The molecule has 0 aromatic heterocycles. The molecule has 1 aliphatic heterocycles. The first-order valence-electron chi connectivity index (χ1n) is 7.17. The highest BCUT2D eigenvalue weighted by atomic mass is 35.5. The van der Waals surface area contributed by atoms with Crippen molar-refractivity contribution < 1.29 is 9.53 Å². The van der Waals surface area contributed by atoms with Crippen molar-refractivity contribution in [3.63, 3.8) is 0 Å². The van der Waals surface area contributed by atoms with Crippen molar-refractivity contribution in [2.24, 2.45) is 5.92 Å². The number of methoxy groups -OCH3 is 1. The number of fused-ring (bicyclic) bond motifs is 1. The molecule has 0 saturated carbocycles. The van der Waals surface area contributed by atoms with E-state index in [4.69, 9.17) is 28.6 Å². The molecule has 0 saturated heterocycles. The fourth-order valence-electron chi connectivity index (χ4n) is 2.30. The maximum atomic E-state index is 11.9. The van der Waals surface area contributed by atoms with Crippen molar-refractivity contribution in [1.82, 2.24) is 5.32 Å². The van der Waals surface area contributed by atoms with Gasteiger partial charge in [0.2, 0.25) is 5.91 Å². The van der Waals surface area contributed by atoms with Crippen LogP contribution < -0.4 is 20.7 Å². The van der Waals surface area contributed by atoms with Crippen LogP contribution in [0.4, 0.5) is 11.4 Å². The first-order valence-corrected chi connectivity index (χ1v) is 8.12. The van der Waals surface area contributed by atoms with Crippen LogP contribution in [0.3, 0.4) is 0 Å². The largest absolute Gasteiger partial charge is 0.494 e. The number of halogens is 1. The Bertz CT molecular complexity index is 580. The van der Waals surface area contributed by atoms with Gasteiger partial charge >= 0.3 is 0 Å². The number of aryl methyl sites for hydroxylation is 1. The summed E-state index contributed by atoms with van der Waals surface area (Å²) in [4.78, 5) is 11.9. The Morgan fingerprint density at radius 2 is 2.32 bits per heavy atom. The van der Waals surface area contributed by atoms with E-state index in [0.29, 0.717) is 23.3 Å². The van der Waals surface area contributed by atoms with E-state index < -0.39 is 0 Å². The third kappa shape index (κ3) is 4.01. The van der Waals surface area contributed by atoms with Gasteiger partial charge in [-0.15, -0.1) is 11.6 Å². The van der Waals surface area contributed by atoms with Crippen LogP contribution in [0.5, 0.6) is 5.75 Å². The van der Waals surface area contributed by atoms with Gasteiger partial charge in [0.1, 0.15) is 5.75 Å². The van der Waals surface area contributed by atoms with Gasteiger partial charge in [0.15, 0.2) is 5.11 Å². The molecule has 1 heterocycles. The highest BCUT2D eigenvalue weighted by Crippen LogP contribution is 2.34. The van der Waals surface area contributed by atoms with Crippen LogP contribution in [0.25, 0.3) is 0 Å². The van der Waals surface area contributed by atoms with Crippen LogP contribution >= 0.6 is 23.8 Å². The van der Waals surface area contributed by atoms with Gasteiger partial charge in [-0.25, -0.2) is 0 Å². The predicted octanol–water partition coefficient (Wildman–Crippen LogP) is 2.74. The van der Waals surface area contributed by atoms with Crippen LogP contribution in [-0.4, -0.2) is 30.6 Å². The predicted molar refractivity (Wildman–Crippen MR) is 94.1 cm³/mol. The summed E-state index contributed by atoms with van der Waals surface area (Å²) in [6.45, 7) is 2.52. The SMILES string of the molecule is COc1cc2c(cc1NC(=S)NCCCl)CCC(C)C(=O)N2. The lowest BCUT2D eigenvalue weighted by Crippen LogP contribution is -2.30. The van der Waals surface area contributed by atoms with Gasteiger partial charge < -0.3 is 20.7 Å². The molecule has 1 aromatic carbocycles. The van der Waals surface area contributed by atoms with Gasteiger partial charge in [0.25, 0.3) is 0 Å². The molecule has 1 aliphatic rings. The van der Waals surface area contributed by atoms with Crippen LogP contribution in [0.1, 0.15) is 18.9 Å². The van der Waals surface area contributed by atoms with Gasteiger partial charge in [-0.1, -0.05) is 6.92 Å². The third-order valence-corrected chi connectivity index (χ3v) is 4.04. The summed E-state index contributed by atoms with van der Waals surface area (Å²) >= 11 is 10.9. The summed E-state index contributed by atoms with van der Waals surface area (Å²) in [5.41, 5.74) is 2.65. The van der Waals surface area contributed by atoms with Crippen molar-refractivity contribution in [2.75, 3.05) is 30.2 Å². The molecule has 1 unspecified atom stereocenters. The number of anilines is 2. The van der Waals surface area contributed by atoms with Crippen molar-refractivity contribution >= 4 is 46.2 Å². The number of amides is 1. The summed E-state index contributed by atoms with van der Waals surface area (Å²) in [6, 6.07) is 3.80. The normalized spacial score (nSPS) is 17.0. The molecule has 3 N–H and O–H groups in total. The number of thiocarbonyl (C=S) groups is 1. The monoisotopic (exact) mass is 341 g/mol. The standard InChI is InChI=1S/C15H20ClN3O2S/c1-9-3-4-10-7-12(19-15(22)17-6-5-16)13(21-2)8-11(10)18-14(9)20/h7-9H,3-6H2,1-2H3,(H,18,20)(H2,17,19,22). The van der Waals surface area contributed by atoms with E-state index in [1.807, 2.05) is 19.1 Å². The molecule has 7 heteroatoms. The van der Waals surface area contributed by atoms with E-state index in [2.05, 4.69) is 16.0 Å². The number of ether oxygens (including phenoxy) is 1. The Morgan fingerprint density at radius 3 is 3.00 bits per heavy atom. The molecule has 1 amide bonds. The Morgan fingerprint density at radius 1 is 1.55 bits per heavy atom. The van der Waals surface area contributed by atoms with E-state index >= 15 is 0 Å². The van der Waals surface area contributed by atoms with E-state index in [-0.39, 0.29) is 11.8 Å². The molecule has 0 radical (unpaired) electrons. The molecule has 22 heavy (non-hydrogen) atoms. The highest BCUT2D eigenvalue weighted by Gasteiger charge is 2.21. The van der Waals surface area contributed by atoms with Crippen molar-refractivity contribution in [3.8, 4) is 5.75 Å². The number of hydrogen-bond acceptors (Lipinski definition) is 3. The minimum atomic E-state index is 0.00117. The molecular weight excluding hydrogens is 322 g/mol. The number of rotatable bonds is 4. The second-order valence-electron chi connectivity index (χ2n) is 5.21. The first kappa shape index (κ1) is 16.8. The smallest absolute Gasteiger partial charge is 0.227 e. The lowest BCUT2D eigenvalue weighted by Gasteiger charge is -2.16. The average molecular weight is 342 g/mol. The maximum Gasteiger partial charge on any atom is 0.227 e. The average Bonchev–Trinajstić information content (AvgIpc) is 2.64. The van der Waals surface area contributed by atoms with Gasteiger partial charge in [-0.3, -0.25) is 4.79 Å². The van der Waals surface area contributed by atoms with E-state index in [1.54, 1.807) is 7.11 Å². The third-order valence-electron chi connectivity index (χ3n) is 3.61. The number of benzene rings is 1. The van der Waals surface area contributed by atoms with Gasteiger partial charge in [-0.2, -0.15) is 0 Å². The quantitative estimate of drug-likeness (QED) is 0.580. The van der Waals surface area contributed by atoms with Crippen molar-refractivity contribution in [1.29, 1.82) is 0 Å². The van der Waals surface area contributed by atoms with Gasteiger partial charge in [0.05, 0.1) is 12.8 Å². The summed E-state index contributed by atoms with van der Waals surface area (Å²) in [5.74, 6) is 1.15. The Hall–Kier alpha value is -1.53. The summed E-state index contributed by atoms with van der Waals surface area (Å²) < 4.78 is 5.39. The van der Waals surface area contributed by atoms with E-state index in [0.717, 1.165) is 29.8 Å². The molecule has 0 fully saturated rings. The Labute approximate surface area is 140 Å². The minimum absolute atomic E-state index is 0.00117. The summed E-state index contributed by atoms with van der Waals surface area (Å²) in [5, 5.41) is 9.55. The molecule has 120 valence electrons. The fraction of sp³-hybridized carbons (Fsp3) is 0.467. The van der Waals surface area contributed by atoms with Crippen molar-refractivity contribution in [2.45, 2.75) is 19.8 Å². The van der Waals surface area contributed by atoms with Crippen LogP contribution in [-0.2, 0) is 11.2 Å². The highest BCUT2D eigenvalue weighted by molar-refractivity contribution is 7.80. The Balaban J connectivity index is 2.25. The van der Waals surface area contributed by atoms with E-state index in [9.17, 15) is 4.79 Å².